The van der Waals surface area contributed by atoms with E-state index in [1.165, 1.54) is 23.9 Å². The minimum Gasteiger partial charge on any atom is -0.504 e. The van der Waals surface area contributed by atoms with Gasteiger partial charge < -0.3 is 10.2 Å². The van der Waals surface area contributed by atoms with Gasteiger partial charge >= 0.3 is 0 Å². The van der Waals surface area contributed by atoms with Crippen LogP contribution in [0.15, 0.2) is 57.2 Å². The van der Waals surface area contributed by atoms with Crippen molar-refractivity contribution in [3.8, 4) is 22.9 Å². The summed E-state index contributed by atoms with van der Waals surface area (Å²) < 4.78 is 2.69. The monoisotopic (exact) mass is 402 g/mol. The fraction of sp³-hybridized carbons (Fsp3) is 0.0625. The molecule has 0 aliphatic carbocycles. The molecular weight excluding hydrogens is 392 g/mol. The average Bonchev–Trinajstić information content (AvgIpc) is 3.01. The van der Waals surface area contributed by atoms with E-state index in [0.29, 0.717) is 11.6 Å². The number of hydrogen-bond donors (Lipinski definition) is 2. The number of phenols is 2. The molecule has 0 bridgehead atoms. The lowest BCUT2D eigenvalue weighted by molar-refractivity contribution is 0.403. The Morgan fingerprint density at radius 3 is 2.46 bits per heavy atom. The maximum atomic E-state index is 9.70. The highest BCUT2D eigenvalue weighted by Crippen LogP contribution is 2.31. The predicted octanol–water partition coefficient (Wildman–Crippen LogP) is 3.48. The Kier molecular flexibility index (Phi) is 3.78. The third kappa shape index (κ3) is 2.67. The summed E-state index contributed by atoms with van der Waals surface area (Å²) in [5.74, 6) is 0.958. The summed E-state index contributed by atoms with van der Waals surface area (Å²) in [6.07, 6.45) is 0. The Morgan fingerprint density at radius 1 is 0.958 bits per heavy atom. The molecule has 0 amide bonds. The maximum absolute atomic E-state index is 9.70. The molecule has 1 aromatic heterocycles. The first-order valence-electron chi connectivity index (χ1n) is 7.06. The summed E-state index contributed by atoms with van der Waals surface area (Å²) >= 11 is 4.94. The quantitative estimate of drug-likeness (QED) is 0.641. The van der Waals surface area contributed by atoms with Crippen LogP contribution < -0.4 is 0 Å². The van der Waals surface area contributed by atoms with Crippen LogP contribution in [-0.4, -0.2) is 36.6 Å². The molecule has 0 spiro atoms. The van der Waals surface area contributed by atoms with E-state index in [4.69, 9.17) is 0 Å². The number of rotatable bonds is 2. The van der Waals surface area contributed by atoms with Crippen LogP contribution in [0.4, 0.5) is 0 Å². The molecule has 2 N–H and O–H groups in total. The van der Waals surface area contributed by atoms with Gasteiger partial charge in [0, 0.05) is 21.4 Å². The molecule has 24 heavy (non-hydrogen) atoms. The van der Waals surface area contributed by atoms with Gasteiger partial charge in [-0.15, -0.1) is 10.2 Å². The summed E-state index contributed by atoms with van der Waals surface area (Å²) in [6.45, 7) is 0. The number of phenolic OH excluding ortho intramolecular Hbond substituents is 2. The lowest BCUT2D eigenvalue weighted by Crippen LogP contribution is -2.13. The van der Waals surface area contributed by atoms with Crippen molar-refractivity contribution in [1.29, 1.82) is 0 Å². The number of thioether (sulfide) groups is 1. The Labute approximate surface area is 150 Å². The number of aromatic nitrogens is 3. The number of nitrogens with zero attached hydrogens (tertiary/aromatic N) is 4. The van der Waals surface area contributed by atoms with Crippen molar-refractivity contribution in [2.24, 2.45) is 5.10 Å². The van der Waals surface area contributed by atoms with E-state index in [1.54, 1.807) is 10.7 Å². The van der Waals surface area contributed by atoms with Crippen molar-refractivity contribution in [3.63, 3.8) is 0 Å². The van der Waals surface area contributed by atoms with Gasteiger partial charge in [-0.1, -0.05) is 39.8 Å². The van der Waals surface area contributed by atoms with Crippen LogP contribution in [0.3, 0.4) is 0 Å². The van der Waals surface area contributed by atoms with Crippen LogP contribution in [0.25, 0.3) is 11.4 Å². The van der Waals surface area contributed by atoms with Gasteiger partial charge in [-0.05, 0) is 30.3 Å². The topological polar surface area (TPSA) is 83.5 Å². The Balaban J connectivity index is 1.78. The van der Waals surface area contributed by atoms with Gasteiger partial charge in [0.1, 0.15) is 0 Å². The molecule has 0 fully saturated rings. The zero-order valence-corrected chi connectivity index (χ0v) is 14.6. The largest absolute Gasteiger partial charge is 0.504 e. The highest BCUT2D eigenvalue weighted by molar-refractivity contribution is 9.10. The van der Waals surface area contributed by atoms with Gasteiger partial charge in [-0.2, -0.15) is 9.78 Å². The first-order chi connectivity index (χ1) is 11.6. The van der Waals surface area contributed by atoms with E-state index in [-0.39, 0.29) is 11.5 Å². The number of aromatic hydroxyl groups is 2. The van der Waals surface area contributed by atoms with E-state index in [2.05, 4.69) is 31.2 Å². The SMILES string of the molecule is Oc1ccc(C2=Nn3c(nnc3-c3ccc(Br)cc3)SC2)cc1O. The van der Waals surface area contributed by atoms with Crippen molar-refractivity contribution in [3.05, 3.63) is 52.5 Å². The standard InChI is InChI=1S/C16H11BrN4O2S/c17-11-4-1-9(2-5-11)15-18-19-16-21(15)20-12(8-24-16)10-3-6-13(22)14(23)7-10/h1-7,22-23H,8H2. The third-order valence-corrected chi connectivity index (χ3v) is 5.04. The molecule has 0 radical (unpaired) electrons. The van der Waals surface area contributed by atoms with Gasteiger partial charge in [0.25, 0.3) is 0 Å². The molecule has 3 aromatic rings. The van der Waals surface area contributed by atoms with E-state index >= 15 is 0 Å². The highest BCUT2D eigenvalue weighted by atomic mass is 79.9. The van der Waals surface area contributed by atoms with Crippen LogP contribution in [-0.2, 0) is 0 Å². The minimum absolute atomic E-state index is 0.150. The van der Waals surface area contributed by atoms with Crippen LogP contribution in [0.5, 0.6) is 11.5 Å². The van der Waals surface area contributed by atoms with E-state index in [0.717, 1.165) is 26.5 Å². The molecule has 4 rings (SSSR count). The van der Waals surface area contributed by atoms with Crippen molar-refractivity contribution >= 4 is 33.4 Å². The molecule has 0 saturated heterocycles. The van der Waals surface area contributed by atoms with Crippen LogP contribution in [0.1, 0.15) is 5.56 Å². The summed E-state index contributed by atoms with van der Waals surface area (Å²) in [6, 6.07) is 12.5. The second kappa shape index (κ2) is 5.95. The second-order valence-electron chi connectivity index (χ2n) is 5.16. The fourth-order valence-corrected chi connectivity index (χ4v) is 3.45. The molecule has 0 saturated carbocycles. The van der Waals surface area contributed by atoms with Crippen molar-refractivity contribution in [1.82, 2.24) is 14.9 Å². The van der Waals surface area contributed by atoms with Crippen LogP contribution in [0, 0.1) is 0 Å². The highest BCUT2D eigenvalue weighted by Gasteiger charge is 2.21. The first kappa shape index (κ1) is 15.2. The Morgan fingerprint density at radius 2 is 1.71 bits per heavy atom. The number of hydrogen-bond acceptors (Lipinski definition) is 6. The first-order valence-corrected chi connectivity index (χ1v) is 8.84. The maximum Gasteiger partial charge on any atom is 0.212 e. The zero-order chi connectivity index (χ0) is 16.7. The predicted molar refractivity (Wildman–Crippen MR) is 95.6 cm³/mol. The lowest BCUT2D eigenvalue weighted by Gasteiger charge is -2.14. The second-order valence-corrected chi connectivity index (χ2v) is 7.02. The minimum atomic E-state index is -0.164. The molecule has 120 valence electrons. The van der Waals surface area contributed by atoms with Crippen LogP contribution >= 0.6 is 27.7 Å². The molecular formula is C16H11BrN4O2S. The normalized spacial score (nSPS) is 13.5. The summed E-state index contributed by atoms with van der Waals surface area (Å²) in [5.41, 5.74) is 2.44. The smallest absolute Gasteiger partial charge is 0.212 e. The molecule has 1 aliphatic rings. The molecule has 6 nitrogen and oxygen atoms in total. The van der Waals surface area contributed by atoms with Crippen molar-refractivity contribution < 1.29 is 10.2 Å². The Bertz CT molecular complexity index is 953. The fourth-order valence-electron chi connectivity index (χ4n) is 2.35. The molecule has 8 heteroatoms. The summed E-state index contributed by atoms with van der Waals surface area (Å²) in [5, 5.41) is 32.9. The van der Waals surface area contributed by atoms with Crippen molar-refractivity contribution in [2.75, 3.05) is 5.75 Å². The lowest BCUT2D eigenvalue weighted by atomic mass is 10.1. The van der Waals surface area contributed by atoms with Gasteiger partial charge in [-0.3, -0.25) is 0 Å². The molecule has 0 atom stereocenters. The summed E-state index contributed by atoms with van der Waals surface area (Å²) in [7, 11) is 0. The summed E-state index contributed by atoms with van der Waals surface area (Å²) in [4.78, 5) is 0. The Hall–Kier alpha value is -2.32. The third-order valence-electron chi connectivity index (χ3n) is 3.58. The van der Waals surface area contributed by atoms with Gasteiger partial charge in [0.05, 0.1) is 5.71 Å². The van der Waals surface area contributed by atoms with Crippen LogP contribution in [0.2, 0.25) is 0 Å². The number of benzene rings is 2. The molecule has 0 unspecified atom stereocenters. The molecule has 1 aliphatic heterocycles. The van der Waals surface area contributed by atoms with Gasteiger partial charge in [-0.25, -0.2) is 0 Å². The zero-order valence-electron chi connectivity index (χ0n) is 12.2. The van der Waals surface area contributed by atoms with Crippen molar-refractivity contribution in [2.45, 2.75) is 5.16 Å². The molecule has 2 heterocycles. The number of fused-ring (bicyclic) bond motifs is 1. The van der Waals surface area contributed by atoms with E-state index < -0.39 is 0 Å². The van der Waals surface area contributed by atoms with Gasteiger partial charge in [0.2, 0.25) is 5.16 Å². The van der Waals surface area contributed by atoms with E-state index in [9.17, 15) is 10.2 Å². The number of halogens is 1. The van der Waals surface area contributed by atoms with E-state index in [1.807, 2.05) is 24.3 Å². The van der Waals surface area contributed by atoms with Gasteiger partial charge in [0.15, 0.2) is 17.3 Å². The average molecular weight is 403 g/mol. The molecule has 2 aromatic carbocycles.